The molecule has 1 fully saturated rings. The predicted octanol–water partition coefficient (Wildman–Crippen LogP) is 6.62. The van der Waals surface area contributed by atoms with E-state index in [1.54, 1.807) is 11.8 Å². The van der Waals surface area contributed by atoms with Gasteiger partial charge in [-0.2, -0.15) is 0 Å². The van der Waals surface area contributed by atoms with E-state index in [1.165, 1.54) is 11.1 Å². The Labute approximate surface area is 197 Å². The minimum absolute atomic E-state index is 0.118. The molecule has 6 heteroatoms. The Morgan fingerprint density at radius 2 is 1.78 bits per heavy atom. The van der Waals surface area contributed by atoms with E-state index in [9.17, 15) is 0 Å². The Bertz CT molecular complexity index is 1240. The van der Waals surface area contributed by atoms with Crippen LogP contribution in [0.1, 0.15) is 34.7 Å². The molecule has 0 amide bonds. The molecule has 3 heterocycles. The highest BCUT2D eigenvalue weighted by atomic mass is 32.2. The van der Waals surface area contributed by atoms with Crippen molar-refractivity contribution in [3.05, 3.63) is 108 Å². The zero-order chi connectivity index (χ0) is 22.1. The second kappa shape index (κ2) is 8.81. The van der Waals surface area contributed by atoms with Crippen molar-refractivity contribution in [2.24, 2.45) is 0 Å². The van der Waals surface area contributed by atoms with Crippen LogP contribution >= 0.6 is 24.0 Å². The molecule has 5 rings (SSSR count). The van der Waals surface area contributed by atoms with Gasteiger partial charge in [0.05, 0.1) is 11.7 Å². The Kier molecular flexibility index (Phi) is 5.72. The molecule has 4 aromatic rings. The smallest absolute Gasteiger partial charge is 0.174 e. The normalized spacial score (nSPS) is 18.1. The van der Waals surface area contributed by atoms with Gasteiger partial charge in [-0.25, -0.2) is 0 Å². The first-order valence-electron chi connectivity index (χ1n) is 10.5. The molecule has 0 unspecified atom stereocenters. The molecule has 0 bridgehead atoms. The Hall–Kier alpha value is -3.09. The van der Waals surface area contributed by atoms with Crippen LogP contribution in [0.25, 0.3) is 0 Å². The van der Waals surface area contributed by atoms with Crippen LogP contribution in [0.4, 0.5) is 5.69 Å². The summed E-state index contributed by atoms with van der Waals surface area (Å²) in [4.78, 5) is 7.89. The second-order valence-corrected chi connectivity index (χ2v) is 9.37. The molecule has 0 spiro atoms. The van der Waals surface area contributed by atoms with Crippen molar-refractivity contribution < 1.29 is 4.42 Å². The number of aryl methyl sites for hydroxylation is 2. The largest absolute Gasteiger partial charge is 0.452 e. The maximum atomic E-state index is 6.38. The Balaban J connectivity index is 1.53. The zero-order valence-electron chi connectivity index (χ0n) is 17.9. The third kappa shape index (κ3) is 4.16. The van der Waals surface area contributed by atoms with E-state index >= 15 is 0 Å². The van der Waals surface area contributed by atoms with E-state index in [4.69, 9.17) is 16.6 Å². The molecule has 2 atom stereocenters. The van der Waals surface area contributed by atoms with Gasteiger partial charge in [0, 0.05) is 16.8 Å². The van der Waals surface area contributed by atoms with Gasteiger partial charge in [0.2, 0.25) is 0 Å². The van der Waals surface area contributed by atoms with Crippen molar-refractivity contribution in [1.29, 1.82) is 0 Å². The maximum absolute atomic E-state index is 6.38. The first-order valence-corrected chi connectivity index (χ1v) is 11.7. The first kappa shape index (κ1) is 20.8. The summed E-state index contributed by atoms with van der Waals surface area (Å²) in [6, 6.07) is 26.6. The predicted molar refractivity (Wildman–Crippen MR) is 133 cm³/mol. The lowest BCUT2D eigenvalue weighted by Crippen LogP contribution is -2.29. The van der Waals surface area contributed by atoms with Crippen molar-refractivity contribution in [3.8, 4) is 0 Å². The first-order chi connectivity index (χ1) is 15.6. The molecule has 0 aliphatic carbocycles. The molecule has 2 aromatic heterocycles. The third-order valence-corrected chi connectivity index (χ3v) is 6.75. The number of anilines is 1. The number of nitrogens with one attached hydrogen (secondary N) is 1. The lowest BCUT2D eigenvalue weighted by atomic mass is 10.0. The van der Waals surface area contributed by atoms with Crippen LogP contribution in [0.3, 0.4) is 0 Å². The number of furan rings is 1. The summed E-state index contributed by atoms with van der Waals surface area (Å²) in [6.45, 7) is 4.18. The fourth-order valence-electron chi connectivity index (χ4n) is 3.97. The van der Waals surface area contributed by atoms with E-state index in [2.05, 4.69) is 83.6 Å². The molecular formula is C26H23N3OS2. The molecule has 160 valence electrons. The summed E-state index contributed by atoms with van der Waals surface area (Å²) in [5.41, 5.74) is 4.39. The molecule has 1 aliphatic heterocycles. The maximum Gasteiger partial charge on any atom is 0.174 e. The lowest BCUT2D eigenvalue weighted by Gasteiger charge is -2.26. The van der Waals surface area contributed by atoms with Gasteiger partial charge in [-0.05, 0) is 80.2 Å². The summed E-state index contributed by atoms with van der Waals surface area (Å²) in [5.74, 6) is 0.851. The van der Waals surface area contributed by atoms with E-state index in [-0.39, 0.29) is 12.1 Å². The van der Waals surface area contributed by atoms with Crippen LogP contribution < -0.4 is 10.2 Å². The number of hydrogen-bond donors (Lipinski definition) is 1. The van der Waals surface area contributed by atoms with E-state index in [0.29, 0.717) is 5.11 Å². The minimum atomic E-state index is -0.147. The fourth-order valence-corrected chi connectivity index (χ4v) is 5.09. The summed E-state index contributed by atoms with van der Waals surface area (Å²) < 4.78 is 6.38. The quantitative estimate of drug-likeness (QED) is 0.340. The number of hydrogen-bond acceptors (Lipinski definition) is 4. The Morgan fingerprint density at radius 1 is 0.938 bits per heavy atom. The number of pyridine rings is 1. The summed E-state index contributed by atoms with van der Waals surface area (Å²) in [5, 5.41) is 5.00. The average molecular weight is 458 g/mol. The molecule has 0 radical (unpaired) electrons. The van der Waals surface area contributed by atoms with Crippen molar-refractivity contribution in [2.45, 2.75) is 35.9 Å². The number of benzene rings is 2. The number of thiocarbonyl (C=S) groups is 1. The van der Waals surface area contributed by atoms with E-state index < -0.39 is 0 Å². The van der Waals surface area contributed by atoms with Crippen LogP contribution in [-0.4, -0.2) is 10.1 Å². The van der Waals surface area contributed by atoms with Crippen molar-refractivity contribution in [2.75, 3.05) is 4.90 Å². The van der Waals surface area contributed by atoms with Gasteiger partial charge < -0.3 is 14.6 Å². The monoisotopic (exact) mass is 457 g/mol. The molecule has 1 saturated heterocycles. The van der Waals surface area contributed by atoms with Crippen LogP contribution in [0.2, 0.25) is 0 Å². The van der Waals surface area contributed by atoms with Gasteiger partial charge in [0.15, 0.2) is 10.2 Å². The molecule has 2 aromatic carbocycles. The van der Waals surface area contributed by atoms with Gasteiger partial charge in [0.1, 0.15) is 11.8 Å². The van der Waals surface area contributed by atoms with Crippen LogP contribution in [-0.2, 0) is 0 Å². The van der Waals surface area contributed by atoms with Crippen molar-refractivity contribution >= 4 is 34.8 Å². The molecular weight excluding hydrogens is 434 g/mol. The van der Waals surface area contributed by atoms with Gasteiger partial charge >= 0.3 is 0 Å². The summed E-state index contributed by atoms with van der Waals surface area (Å²) in [6.07, 6.45) is 1.81. The van der Waals surface area contributed by atoms with Crippen LogP contribution in [0.15, 0.2) is 99.5 Å². The summed E-state index contributed by atoms with van der Waals surface area (Å²) >= 11 is 7.40. The van der Waals surface area contributed by atoms with Gasteiger partial charge in [-0.15, -0.1) is 0 Å². The van der Waals surface area contributed by atoms with Gasteiger partial charge in [-0.1, -0.05) is 47.7 Å². The van der Waals surface area contributed by atoms with Crippen molar-refractivity contribution in [3.63, 3.8) is 0 Å². The molecule has 1 aliphatic rings. The van der Waals surface area contributed by atoms with Crippen LogP contribution in [0, 0.1) is 13.8 Å². The standard InChI is InChI=1S/C26H23N3OS2/c1-17-9-11-20(12-10-17)32-23-14-13-22(30-23)25-24(21-8-3-4-15-27-21)28-26(31)29(25)19-7-5-6-18(2)16-19/h3-16,24-25H,1-2H3,(H,28,31)/t24-,25+/m1/s1. The lowest BCUT2D eigenvalue weighted by molar-refractivity contribution is 0.383. The molecule has 0 saturated carbocycles. The van der Waals surface area contributed by atoms with E-state index in [0.717, 1.165) is 27.1 Å². The van der Waals surface area contributed by atoms with Gasteiger partial charge in [-0.3, -0.25) is 4.98 Å². The SMILES string of the molecule is Cc1ccc(Sc2ccc([C@H]3[C@@H](c4ccccn4)NC(=S)N3c3cccc(C)c3)o2)cc1. The second-order valence-electron chi connectivity index (χ2n) is 7.91. The molecule has 4 nitrogen and oxygen atoms in total. The third-order valence-electron chi connectivity index (χ3n) is 5.51. The molecule has 32 heavy (non-hydrogen) atoms. The average Bonchev–Trinajstić information content (AvgIpc) is 3.40. The highest BCUT2D eigenvalue weighted by Crippen LogP contribution is 2.43. The van der Waals surface area contributed by atoms with Gasteiger partial charge in [0.25, 0.3) is 0 Å². The molecule has 1 N–H and O–H groups in total. The highest BCUT2D eigenvalue weighted by Gasteiger charge is 2.42. The number of nitrogens with zero attached hydrogens (tertiary/aromatic N) is 2. The zero-order valence-corrected chi connectivity index (χ0v) is 19.5. The van der Waals surface area contributed by atoms with Crippen LogP contribution in [0.5, 0.6) is 0 Å². The Morgan fingerprint density at radius 3 is 2.53 bits per heavy atom. The summed E-state index contributed by atoms with van der Waals surface area (Å²) in [7, 11) is 0. The van der Waals surface area contributed by atoms with E-state index in [1.807, 2.05) is 30.5 Å². The number of rotatable bonds is 5. The minimum Gasteiger partial charge on any atom is -0.452 e. The number of aromatic nitrogens is 1. The fraction of sp³-hybridized carbons (Fsp3) is 0.154. The van der Waals surface area contributed by atoms with Crippen molar-refractivity contribution in [1.82, 2.24) is 10.3 Å². The topological polar surface area (TPSA) is 41.3 Å². The highest BCUT2D eigenvalue weighted by molar-refractivity contribution is 7.99.